The fraction of sp³-hybridized carbons (Fsp3) is 0.222. The lowest BCUT2D eigenvalue weighted by Gasteiger charge is -2.25. The first-order valence-corrected chi connectivity index (χ1v) is 13.9. The molecule has 1 amide bonds. The fourth-order valence-corrected chi connectivity index (χ4v) is 6.81. The van der Waals surface area contributed by atoms with Crippen LogP contribution in [-0.4, -0.2) is 54.6 Å². The number of carbonyl (C=O) groups is 3. The number of hydrogen-bond donors (Lipinski definition) is 2. The number of nitrogens with one attached hydrogen (secondary N) is 1. The highest BCUT2D eigenvalue weighted by atomic mass is 35.5. The van der Waals surface area contributed by atoms with Crippen LogP contribution in [0.15, 0.2) is 71.6 Å². The van der Waals surface area contributed by atoms with Crippen molar-refractivity contribution in [2.75, 3.05) is 6.54 Å². The maximum atomic E-state index is 13.2. The summed E-state index contributed by atoms with van der Waals surface area (Å²) in [6.45, 7) is 0.106. The molecule has 2 atom stereocenters. The Bertz CT molecular complexity index is 1460. The number of hydrogen-bond acceptors (Lipinski definition) is 5. The molecule has 0 radical (unpaired) electrons. The van der Waals surface area contributed by atoms with Gasteiger partial charge in [-0.3, -0.25) is 9.59 Å². The van der Waals surface area contributed by atoms with E-state index in [1.54, 1.807) is 42.5 Å². The SMILES string of the molecule is O=Cc1cccc(-c2ccc(C[C@H](NC(=O)[C@@H]3CCCN3S(=O)(=O)c3cc(Cl)cc(Cl)c3)C(=O)O)cc2)c1. The Morgan fingerprint density at radius 1 is 1.03 bits per heavy atom. The lowest BCUT2D eigenvalue weighted by atomic mass is 9.99. The van der Waals surface area contributed by atoms with Crippen LogP contribution >= 0.6 is 23.2 Å². The zero-order chi connectivity index (χ0) is 27.4. The minimum Gasteiger partial charge on any atom is -0.480 e. The van der Waals surface area contributed by atoms with Crippen molar-refractivity contribution >= 4 is 51.4 Å². The lowest BCUT2D eigenvalue weighted by Crippen LogP contribution is -2.51. The Balaban J connectivity index is 1.48. The normalized spacial score (nSPS) is 16.6. The number of sulfonamides is 1. The Morgan fingerprint density at radius 2 is 1.71 bits per heavy atom. The van der Waals surface area contributed by atoms with E-state index >= 15 is 0 Å². The minimum atomic E-state index is -4.09. The molecule has 1 aliphatic rings. The first-order valence-electron chi connectivity index (χ1n) is 11.7. The molecule has 0 bridgehead atoms. The first kappa shape index (κ1) is 27.8. The number of rotatable bonds is 9. The molecular formula is C27H24Cl2N2O6S. The van der Waals surface area contributed by atoms with Crippen molar-refractivity contribution in [1.29, 1.82) is 0 Å². The van der Waals surface area contributed by atoms with E-state index in [1.165, 1.54) is 18.2 Å². The second-order valence-electron chi connectivity index (χ2n) is 8.92. The van der Waals surface area contributed by atoms with Gasteiger partial charge in [0.15, 0.2) is 0 Å². The summed E-state index contributed by atoms with van der Waals surface area (Å²) >= 11 is 11.9. The van der Waals surface area contributed by atoms with Crippen molar-refractivity contribution in [2.24, 2.45) is 0 Å². The highest BCUT2D eigenvalue weighted by Crippen LogP contribution is 2.30. The number of aliphatic carboxylic acids is 1. The molecule has 1 fully saturated rings. The van der Waals surface area contributed by atoms with Gasteiger partial charge in [0.1, 0.15) is 18.4 Å². The molecule has 2 N–H and O–H groups in total. The van der Waals surface area contributed by atoms with Crippen LogP contribution in [0.4, 0.5) is 0 Å². The molecule has 4 rings (SSSR count). The molecule has 38 heavy (non-hydrogen) atoms. The molecular weight excluding hydrogens is 551 g/mol. The van der Waals surface area contributed by atoms with Crippen LogP contribution in [0.5, 0.6) is 0 Å². The van der Waals surface area contributed by atoms with Crippen molar-refractivity contribution in [3.63, 3.8) is 0 Å². The molecule has 3 aromatic carbocycles. The summed E-state index contributed by atoms with van der Waals surface area (Å²) in [6, 6.07) is 15.8. The number of halogens is 2. The third-order valence-electron chi connectivity index (χ3n) is 6.31. The Labute approximate surface area is 230 Å². The summed E-state index contributed by atoms with van der Waals surface area (Å²) in [5.41, 5.74) is 2.90. The monoisotopic (exact) mass is 574 g/mol. The Morgan fingerprint density at radius 3 is 2.34 bits per heavy atom. The molecule has 0 saturated carbocycles. The van der Waals surface area contributed by atoms with Gasteiger partial charge in [-0.2, -0.15) is 4.31 Å². The van der Waals surface area contributed by atoms with Gasteiger partial charge in [0.2, 0.25) is 15.9 Å². The number of carboxylic acid groups (broad SMARTS) is 1. The van der Waals surface area contributed by atoms with Crippen molar-refractivity contribution in [1.82, 2.24) is 9.62 Å². The minimum absolute atomic E-state index is 0.000891. The van der Waals surface area contributed by atoms with E-state index in [2.05, 4.69) is 5.32 Å². The molecule has 11 heteroatoms. The van der Waals surface area contributed by atoms with E-state index in [9.17, 15) is 27.9 Å². The third-order valence-corrected chi connectivity index (χ3v) is 8.64. The molecule has 8 nitrogen and oxygen atoms in total. The first-order chi connectivity index (χ1) is 18.1. The second-order valence-corrected chi connectivity index (χ2v) is 11.7. The maximum Gasteiger partial charge on any atom is 0.326 e. The van der Waals surface area contributed by atoms with Gasteiger partial charge >= 0.3 is 5.97 Å². The van der Waals surface area contributed by atoms with Gasteiger partial charge in [-0.05, 0) is 53.8 Å². The van der Waals surface area contributed by atoms with E-state index < -0.39 is 34.0 Å². The van der Waals surface area contributed by atoms with Gasteiger partial charge < -0.3 is 10.4 Å². The molecule has 0 aromatic heterocycles. The summed E-state index contributed by atoms with van der Waals surface area (Å²) in [6.07, 6.45) is 1.45. The molecule has 0 spiro atoms. The molecule has 1 aliphatic heterocycles. The van der Waals surface area contributed by atoms with Crippen LogP contribution in [0, 0.1) is 0 Å². The molecule has 0 unspecified atom stereocenters. The Kier molecular flexibility index (Phi) is 8.52. The van der Waals surface area contributed by atoms with Crippen LogP contribution in [0.1, 0.15) is 28.8 Å². The quantitative estimate of drug-likeness (QED) is 0.364. The highest BCUT2D eigenvalue weighted by Gasteiger charge is 2.40. The number of carboxylic acids is 1. The predicted molar refractivity (Wildman–Crippen MR) is 144 cm³/mol. The van der Waals surface area contributed by atoms with E-state index in [-0.39, 0.29) is 34.3 Å². The van der Waals surface area contributed by atoms with Crippen LogP contribution < -0.4 is 5.32 Å². The average Bonchev–Trinajstić information content (AvgIpc) is 3.39. The number of nitrogens with zero attached hydrogens (tertiary/aromatic N) is 1. The maximum absolute atomic E-state index is 13.2. The van der Waals surface area contributed by atoms with Crippen molar-refractivity contribution in [2.45, 2.75) is 36.2 Å². The van der Waals surface area contributed by atoms with Crippen LogP contribution in [0.25, 0.3) is 11.1 Å². The summed E-state index contributed by atoms with van der Waals surface area (Å²) in [7, 11) is -4.09. The van der Waals surface area contributed by atoms with E-state index in [4.69, 9.17) is 23.2 Å². The van der Waals surface area contributed by atoms with E-state index in [0.717, 1.165) is 21.7 Å². The predicted octanol–water partition coefficient (Wildman–Crippen LogP) is 4.44. The fourth-order valence-electron chi connectivity index (χ4n) is 4.43. The standard InChI is InChI=1S/C27H24Cl2N2O6S/c28-21-13-22(29)15-23(14-21)38(36,37)31-10-2-5-25(31)26(33)30-24(27(34)35)12-17-6-8-19(9-7-17)20-4-1-3-18(11-20)16-32/h1,3-4,6-9,11,13-16,24-25H,2,5,10,12H2,(H,30,33)(H,34,35)/t24-,25-/m0/s1. The van der Waals surface area contributed by atoms with Gasteiger partial charge in [0.05, 0.1) is 4.90 Å². The molecule has 0 aliphatic carbocycles. The number of aldehydes is 1. The van der Waals surface area contributed by atoms with Gasteiger partial charge in [0, 0.05) is 28.6 Å². The molecule has 1 heterocycles. The highest BCUT2D eigenvalue weighted by molar-refractivity contribution is 7.89. The summed E-state index contributed by atoms with van der Waals surface area (Å²) < 4.78 is 27.6. The second kappa shape index (κ2) is 11.7. The lowest BCUT2D eigenvalue weighted by molar-refractivity contribution is -0.142. The van der Waals surface area contributed by atoms with Crippen molar-refractivity contribution in [3.8, 4) is 11.1 Å². The van der Waals surface area contributed by atoms with E-state index in [0.29, 0.717) is 17.5 Å². The van der Waals surface area contributed by atoms with Gasteiger partial charge in [0.25, 0.3) is 0 Å². The van der Waals surface area contributed by atoms with Gasteiger partial charge in [-0.25, -0.2) is 13.2 Å². The largest absolute Gasteiger partial charge is 0.480 e. The third kappa shape index (κ3) is 6.24. The zero-order valence-corrected chi connectivity index (χ0v) is 22.3. The van der Waals surface area contributed by atoms with Crippen molar-refractivity contribution < 1.29 is 27.9 Å². The van der Waals surface area contributed by atoms with Crippen LogP contribution in [-0.2, 0) is 26.0 Å². The van der Waals surface area contributed by atoms with Gasteiger partial charge in [-0.15, -0.1) is 0 Å². The zero-order valence-electron chi connectivity index (χ0n) is 20.0. The summed E-state index contributed by atoms with van der Waals surface area (Å²) in [4.78, 5) is 36.0. The topological polar surface area (TPSA) is 121 Å². The smallest absolute Gasteiger partial charge is 0.326 e. The number of carbonyl (C=O) groups excluding carboxylic acids is 2. The average molecular weight is 575 g/mol. The molecule has 3 aromatic rings. The Hall–Kier alpha value is -3.24. The number of benzene rings is 3. The van der Waals surface area contributed by atoms with Crippen LogP contribution in [0.2, 0.25) is 10.0 Å². The van der Waals surface area contributed by atoms with Crippen LogP contribution in [0.3, 0.4) is 0 Å². The molecule has 198 valence electrons. The van der Waals surface area contributed by atoms with E-state index in [1.807, 2.05) is 6.07 Å². The summed E-state index contributed by atoms with van der Waals surface area (Å²) in [5, 5.41) is 12.6. The summed E-state index contributed by atoms with van der Waals surface area (Å²) in [5.74, 6) is -1.93. The van der Waals surface area contributed by atoms with Gasteiger partial charge in [-0.1, -0.05) is 65.7 Å². The molecule has 1 saturated heterocycles. The van der Waals surface area contributed by atoms with Crippen molar-refractivity contribution in [3.05, 3.63) is 87.9 Å². The number of amides is 1.